The summed E-state index contributed by atoms with van der Waals surface area (Å²) in [6.07, 6.45) is 4.88. The summed E-state index contributed by atoms with van der Waals surface area (Å²) >= 11 is 0. The van der Waals surface area contributed by atoms with Crippen molar-refractivity contribution in [2.45, 2.75) is 19.8 Å². The van der Waals surface area contributed by atoms with Crippen molar-refractivity contribution in [3.05, 3.63) is 35.7 Å². The quantitative estimate of drug-likeness (QED) is 0.863. The highest BCUT2D eigenvalue weighted by molar-refractivity contribution is 7.92. The number of anilines is 1. The van der Waals surface area contributed by atoms with E-state index in [1.165, 1.54) is 12.5 Å². The van der Waals surface area contributed by atoms with Crippen LogP contribution in [0.2, 0.25) is 0 Å². The van der Waals surface area contributed by atoms with Gasteiger partial charge in [0, 0.05) is 22.2 Å². The van der Waals surface area contributed by atoms with E-state index in [9.17, 15) is 13.4 Å². The van der Waals surface area contributed by atoms with Crippen LogP contribution in [-0.4, -0.2) is 22.6 Å². The molecule has 0 radical (unpaired) electrons. The standard InChI is InChI=1S/C15H19FN2O2S/c1-10(11-8-9-11)14(16)15(19)17-12-6-4-5-7-13(12)18-21(2,3)20/h4-7,11H,8-9H2,1-3H3,(H,17,19). The van der Waals surface area contributed by atoms with Gasteiger partial charge in [0.15, 0.2) is 5.83 Å². The molecule has 1 aliphatic rings. The lowest BCUT2D eigenvalue weighted by atomic mass is 10.1. The van der Waals surface area contributed by atoms with Crippen molar-refractivity contribution >= 4 is 27.0 Å². The van der Waals surface area contributed by atoms with Crippen LogP contribution in [0.4, 0.5) is 15.8 Å². The molecule has 1 aromatic rings. The lowest BCUT2D eigenvalue weighted by Gasteiger charge is -2.09. The Kier molecular flexibility index (Phi) is 4.46. The highest BCUT2D eigenvalue weighted by Gasteiger charge is 2.28. The van der Waals surface area contributed by atoms with Gasteiger partial charge in [0.1, 0.15) is 0 Å². The number of para-hydroxylation sites is 1. The lowest BCUT2D eigenvalue weighted by Crippen LogP contribution is -2.14. The predicted octanol–water partition coefficient (Wildman–Crippen LogP) is 3.64. The molecule has 1 aliphatic carbocycles. The van der Waals surface area contributed by atoms with Crippen LogP contribution in [0.3, 0.4) is 0 Å². The van der Waals surface area contributed by atoms with Crippen LogP contribution in [0.15, 0.2) is 40.0 Å². The van der Waals surface area contributed by atoms with Crippen LogP contribution in [0.1, 0.15) is 19.8 Å². The molecule has 21 heavy (non-hydrogen) atoms. The summed E-state index contributed by atoms with van der Waals surface area (Å²) in [7, 11) is -2.36. The van der Waals surface area contributed by atoms with Crippen molar-refractivity contribution in [2.24, 2.45) is 10.3 Å². The SMILES string of the molecule is CC(=C(F)C(=O)Nc1ccccc1N=S(C)(C)=O)C1CC1. The molecule has 0 bridgehead atoms. The fourth-order valence-electron chi connectivity index (χ4n) is 1.95. The van der Waals surface area contributed by atoms with Crippen LogP contribution in [0.25, 0.3) is 0 Å². The summed E-state index contributed by atoms with van der Waals surface area (Å²) in [6.45, 7) is 1.65. The zero-order chi connectivity index (χ0) is 15.6. The molecule has 4 nitrogen and oxygen atoms in total. The maximum atomic E-state index is 14.0. The summed E-state index contributed by atoms with van der Waals surface area (Å²) in [5.41, 5.74) is 1.24. The number of nitrogens with one attached hydrogen (secondary N) is 1. The molecule has 2 rings (SSSR count). The Labute approximate surface area is 124 Å². The number of allylic oxidation sites excluding steroid dienone is 1. The van der Waals surface area contributed by atoms with E-state index >= 15 is 0 Å². The van der Waals surface area contributed by atoms with E-state index in [1.807, 2.05) is 0 Å². The van der Waals surface area contributed by atoms with Crippen LogP contribution in [0.5, 0.6) is 0 Å². The maximum Gasteiger partial charge on any atom is 0.284 e. The van der Waals surface area contributed by atoms with Crippen molar-refractivity contribution < 1.29 is 13.4 Å². The van der Waals surface area contributed by atoms with Gasteiger partial charge in [-0.15, -0.1) is 0 Å². The molecule has 0 spiro atoms. The molecule has 0 heterocycles. The smallest absolute Gasteiger partial charge is 0.284 e. The van der Waals surface area contributed by atoms with E-state index in [4.69, 9.17) is 0 Å². The summed E-state index contributed by atoms with van der Waals surface area (Å²) < 4.78 is 29.9. The van der Waals surface area contributed by atoms with Crippen LogP contribution < -0.4 is 5.32 Å². The lowest BCUT2D eigenvalue weighted by molar-refractivity contribution is -0.114. The first-order chi connectivity index (χ1) is 9.78. The van der Waals surface area contributed by atoms with Gasteiger partial charge < -0.3 is 5.32 Å². The Morgan fingerprint density at radius 1 is 1.33 bits per heavy atom. The average Bonchev–Trinajstić information content (AvgIpc) is 3.22. The fraction of sp³-hybridized carbons (Fsp3) is 0.400. The first-order valence-electron chi connectivity index (χ1n) is 6.71. The summed E-state index contributed by atoms with van der Waals surface area (Å²) in [6, 6.07) is 6.68. The third kappa shape index (κ3) is 4.39. The van der Waals surface area contributed by atoms with E-state index in [-0.39, 0.29) is 5.92 Å². The number of nitrogens with zero attached hydrogens (tertiary/aromatic N) is 1. The van der Waals surface area contributed by atoms with Crippen molar-refractivity contribution in [1.82, 2.24) is 0 Å². The highest BCUT2D eigenvalue weighted by atomic mass is 32.2. The Morgan fingerprint density at radius 2 is 1.95 bits per heavy atom. The first kappa shape index (κ1) is 15.7. The number of hydrogen-bond donors (Lipinski definition) is 1. The predicted molar refractivity (Wildman–Crippen MR) is 83.7 cm³/mol. The molecule has 114 valence electrons. The van der Waals surface area contributed by atoms with Gasteiger partial charge in [0.05, 0.1) is 11.4 Å². The third-order valence-corrected chi connectivity index (χ3v) is 3.84. The van der Waals surface area contributed by atoms with Crippen molar-refractivity contribution in [2.75, 3.05) is 17.8 Å². The molecule has 1 amide bonds. The topological polar surface area (TPSA) is 58.5 Å². The monoisotopic (exact) mass is 310 g/mol. The van der Waals surface area contributed by atoms with E-state index in [1.54, 1.807) is 31.2 Å². The molecular weight excluding hydrogens is 291 g/mol. The zero-order valence-corrected chi connectivity index (χ0v) is 13.2. The fourth-order valence-corrected chi connectivity index (χ4v) is 2.58. The molecule has 0 unspecified atom stereocenters. The number of carbonyl (C=O) groups is 1. The second kappa shape index (κ2) is 5.97. The van der Waals surface area contributed by atoms with Gasteiger partial charge in [-0.05, 0) is 43.4 Å². The average molecular weight is 310 g/mol. The molecule has 0 atom stereocenters. The van der Waals surface area contributed by atoms with E-state index in [2.05, 4.69) is 9.68 Å². The first-order valence-corrected chi connectivity index (χ1v) is 9.05. The Hall–Kier alpha value is -1.69. The highest BCUT2D eigenvalue weighted by Crippen LogP contribution is 2.38. The molecule has 1 N–H and O–H groups in total. The molecule has 6 heteroatoms. The Balaban J connectivity index is 2.26. The van der Waals surface area contributed by atoms with E-state index in [0.29, 0.717) is 16.9 Å². The van der Waals surface area contributed by atoms with Crippen molar-refractivity contribution in [3.8, 4) is 0 Å². The molecule has 1 fully saturated rings. The number of halogens is 1. The Morgan fingerprint density at radius 3 is 2.52 bits per heavy atom. The van der Waals surface area contributed by atoms with Crippen LogP contribution >= 0.6 is 0 Å². The second-order valence-electron chi connectivity index (χ2n) is 5.52. The minimum Gasteiger partial charge on any atom is -0.318 e. The van der Waals surface area contributed by atoms with E-state index in [0.717, 1.165) is 12.8 Å². The number of carbonyl (C=O) groups excluding carboxylic acids is 1. The van der Waals surface area contributed by atoms with Crippen molar-refractivity contribution in [1.29, 1.82) is 0 Å². The Bertz CT molecular complexity index is 706. The number of amides is 1. The summed E-state index contributed by atoms with van der Waals surface area (Å²) in [4.78, 5) is 11.9. The molecule has 0 saturated heterocycles. The largest absolute Gasteiger partial charge is 0.318 e. The normalized spacial score (nSPS) is 16.2. The summed E-state index contributed by atoms with van der Waals surface area (Å²) in [5, 5.41) is 2.51. The molecular formula is C15H19FN2O2S. The number of rotatable bonds is 4. The minimum absolute atomic E-state index is 0.195. The van der Waals surface area contributed by atoms with Crippen LogP contribution in [-0.2, 0) is 14.5 Å². The minimum atomic E-state index is -2.36. The van der Waals surface area contributed by atoms with Crippen molar-refractivity contribution in [3.63, 3.8) is 0 Å². The van der Waals surface area contributed by atoms with Gasteiger partial charge in [-0.3, -0.25) is 4.79 Å². The molecule has 1 aromatic carbocycles. The van der Waals surface area contributed by atoms with Gasteiger partial charge in [-0.25, -0.2) is 8.60 Å². The van der Waals surface area contributed by atoms with Crippen LogP contribution in [0, 0.1) is 5.92 Å². The zero-order valence-electron chi connectivity index (χ0n) is 12.4. The molecule has 0 aromatic heterocycles. The maximum absolute atomic E-state index is 14.0. The van der Waals surface area contributed by atoms with Gasteiger partial charge in [0.25, 0.3) is 5.91 Å². The van der Waals surface area contributed by atoms with Gasteiger partial charge >= 0.3 is 0 Å². The molecule has 1 saturated carbocycles. The van der Waals surface area contributed by atoms with Gasteiger partial charge in [-0.1, -0.05) is 12.1 Å². The summed E-state index contributed by atoms with van der Waals surface area (Å²) in [5.74, 6) is -1.32. The van der Waals surface area contributed by atoms with Gasteiger partial charge in [-0.2, -0.15) is 4.36 Å². The number of hydrogen-bond acceptors (Lipinski definition) is 3. The second-order valence-corrected chi connectivity index (χ2v) is 8.06. The molecule has 0 aliphatic heterocycles. The van der Waals surface area contributed by atoms with Gasteiger partial charge in [0.2, 0.25) is 0 Å². The van der Waals surface area contributed by atoms with E-state index < -0.39 is 21.5 Å². The third-order valence-electron chi connectivity index (χ3n) is 3.21. The number of benzene rings is 1.